The van der Waals surface area contributed by atoms with Gasteiger partial charge in [-0.2, -0.15) is 0 Å². The molecule has 0 saturated heterocycles. The zero-order valence-corrected chi connectivity index (χ0v) is 7.65. The van der Waals surface area contributed by atoms with Crippen molar-refractivity contribution in [3.63, 3.8) is 0 Å². The lowest BCUT2D eigenvalue weighted by atomic mass is 9.52. The van der Waals surface area contributed by atoms with Crippen molar-refractivity contribution in [1.29, 1.82) is 0 Å². The summed E-state index contributed by atoms with van der Waals surface area (Å²) < 4.78 is 9.79. The van der Waals surface area contributed by atoms with Gasteiger partial charge in [-0.15, -0.1) is 0 Å². The Morgan fingerprint density at radius 3 is 2.46 bits per heavy atom. The highest BCUT2D eigenvalue weighted by molar-refractivity contribution is 6.58. The Morgan fingerprint density at radius 1 is 1.46 bits per heavy atom. The van der Waals surface area contributed by atoms with Gasteiger partial charge in [0.05, 0.1) is 0 Å². The highest BCUT2D eigenvalue weighted by atomic mass is 16.5. The minimum Gasteiger partial charge on any atom is -0.499 e. The molecular formula is C7H8B3NO2. The summed E-state index contributed by atoms with van der Waals surface area (Å²) in [6, 6.07) is 1.60. The van der Waals surface area contributed by atoms with Crippen LogP contribution >= 0.6 is 0 Å². The van der Waals surface area contributed by atoms with Crippen molar-refractivity contribution >= 4 is 23.5 Å². The van der Waals surface area contributed by atoms with Gasteiger partial charge in [0.1, 0.15) is 29.3 Å². The lowest BCUT2D eigenvalue weighted by Gasteiger charge is -2.20. The zero-order chi connectivity index (χ0) is 10.1. The Labute approximate surface area is 81.4 Å². The maximum absolute atomic E-state index is 5.20. The molecular weight excluding hydrogens is 163 g/mol. The van der Waals surface area contributed by atoms with E-state index in [4.69, 9.17) is 32.8 Å². The second-order valence-electron chi connectivity index (χ2n) is 3.18. The van der Waals surface area contributed by atoms with Gasteiger partial charge < -0.3 is 9.26 Å². The molecule has 0 aliphatic heterocycles. The fourth-order valence-electron chi connectivity index (χ4n) is 0.773. The fraction of sp³-hybridized carbons (Fsp3) is 0.571. The molecule has 0 atom stereocenters. The smallest absolute Gasteiger partial charge is 0.252 e. The van der Waals surface area contributed by atoms with Gasteiger partial charge in [-0.3, -0.25) is 0 Å². The minimum atomic E-state index is -1.72. The van der Waals surface area contributed by atoms with Gasteiger partial charge in [0, 0.05) is 12.0 Å². The third-order valence-electron chi connectivity index (χ3n) is 1.36. The highest BCUT2D eigenvalue weighted by Crippen LogP contribution is 2.20. The molecule has 0 aromatic carbocycles. The number of nitrogens with zero attached hydrogens (tertiary/aromatic N) is 1. The summed E-state index contributed by atoms with van der Waals surface area (Å²) in [5.41, 5.74) is 0. The number of hydrogen-bond donors (Lipinski definition) is 0. The molecule has 0 unspecified atom stereocenters. The number of hydrogen-bond acceptors (Lipinski definition) is 3. The second-order valence-corrected chi connectivity index (χ2v) is 3.18. The van der Waals surface area contributed by atoms with Crippen LogP contribution in [0.1, 0.15) is 25.5 Å². The lowest BCUT2D eigenvalue weighted by Crippen LogP contribution is -2.37. The molecule has 1 rings (SSSR count). The van der Waals surface area contributed by atoms with Crippen LogP contribution in [0.25, 0.3) is 0 Å². The summed E-state index contributed by atoms with van der Waals surface area (Å²) in [5.74, 6) is 1.11. The number of rotatable bonds is 3. The zero-order valence-electron chi connectivity index (χ0n) is 7.65. The standard InChI is InChI=1S/C7H8B3NO2/c1-4(2)5-3-6(11-13-5)12-7(8,9)10/h3-4H,1-2H3. The van der Waals surface area contributed by atoms with Gasteiger partial charge in [0.2, 0.25) is 0 Å². The first-order chi connectivity index (χ1) is 5.88. The molecule has 6 radical (unpaired) electrons. The van der Waals surface area contributed by atoms with Gasteiger partial charge >= 0.3 is 0 Å². The van der Waals surface area contributed by atoms with E-state index in [1.54, 1.807) is 6.07 Å². The van der Waals surface area contributed by atoms with E-state index in [0.29, 0.717) is 5.76 Å². The summed E-state index contributed by atoms with van der Waals surface area (Å²) in [5, 5.41) is 1.87. The highest BCUT2D eigenvalue weighted by Gasteiger charge is 2.15. The molecule has 0 N–H and O–H groups in total. The van der Waals surface area contributed by atoms with Gasteiger partial charge in [-0.25, -0.2) is 0 Å². The number of ether oxygens (including phenoxy) is 1. The van der Waals surface area contributed by atoms with Crippen LogP contribution in [0.15, 0.2) is 10.6 Å². The summed E-state index contributed by atoms with van der Waals surface area (Å²) in [6.45, 7) is 3.93. The van der Waals surface area contributed by atoms with Crippen LogP contribution < -0.4 is 4.74 Å². The monoisotopic (exact) mass is 171 g/mol. The van der Waals surface area contributed by atoms with Crippen LogP contribution in [0.5, 0.6) is 5.88 Å². The van der Waals surface area contributed by atoms with Gasteiger partial charge in [0.25, 0.3) is 5.88 Å². The molecule has 3 nitrogen and oxygen atoms in total. The summed E-state index contributed by atoms with van der Waals surface area (Å²) in [7, 11) is 15.6. The molecule has 0 bridgehead atoms. The maximum atomic E-state index is 5.20. The Morgan fingerprint density at radius 2 is 2.08 bits per heavy atom. The van der Waals surface area contributed by atoms with E-state index in [9.17, 15) is 0 Å². The van der Waals surface area contributed by atoms with Crippen molar-refractivity contribution in [3.05, 3.63) is 11.8 Å². The largest absolute Gasteiger partial charge is 0.499 e. The Hall–Kier alpha value is -0.795. The third kappa shape index (κ3) is 3.21. The third-order valence-corrected chi connectivity index (χ3v) is 1.36. The first kappa shape index (κ1) is 10.3. The van der Waals surface area contributed by atoms with Crippen molar-refractivity contribution in [1.82, 2.24) is 5.16 Å². The molecule has 1 heterocycles. The van der Waals surface area contributed by atoms with Crippen molar-refractivity contribution in [2.45, 2.75) is 25.1 Å². The van der Waals surface area contributed by atoms with Crippen LogP contribution in [0, 0.1) is 0 Å². The van der Waals surface area contributed by atoms with E-state index < -0.39 is 5.30 Å². The molecule has 0 fully saturated rings. The predicted octanol–water partition coefficient (Wildman–Crippen LogP) is 0.294. The Bertz CT molecular complexity index is 280. The van der Waals surface area contributed by atoms with E-state index in [0.717, 1.165) is 0 Å². The van der Waals surface area contributed by atoms with Gasteiger partial charge in [0.15, 0.2) is 0 Å². The van der Waals surface area contributed by atoms with Crippen LogP contribution in [-0.2, 0) is 0 Å². The van der Waals surface area contributed by atoms with Crippen LogP contribution in [0.3, 0.4) is 0 Å². The molecule has 1 aromatic heterocycles. The first-order valence-electron chi connectivity index (χ1n) is 3.91. The van der Waals surface area contributed by atoms with E-state index >= 15 is 0 Å². The van der Waals surface area contributed by atoms with Crippen LogP contribution in [0.2, 0.25) is 0 Å². The molecule has 13 heavy (non-hydrogen) atoms. The Kier molecular flexibility index (Phi) is 2.79. The first-order valence-corrected chi connectivity index (χ1v) is 3.91. The normalized spacial score (nSPS) is 11.9. The fourth-order valence-corrected chi connectivity index (χ4v) is 0.773. The molecule has 0 saturated carbocycles. The van der Waals surface area contributed by atoms with Crippen molar-refractivity contribution in [2.24, 2.45) is 0 Å². The number of aromatic nitrogens is 1. The summed E-state index contributed by atoms with van der Waals surface area (Å²) in [6.07, 6.45) is 0. The molecule has 0 amide bonds. The minimum absolute atomic E-state index is 0.191. The topological polar surface area (TPSA) is 35.3 Å². The molecule has 0 spiro atoms. The SMILES string of the molecule is [B]C([B])([B])Oc1cc(C(C)C)on1. The van der Waals surface area contributed by atoms with Crippen molar-refractivity contribution < 1.29 is 9.26 Å². The maximum Gasteiger partial charge on any atom is 0.252 e. The lowest BCUT2D eigenvalue weighted by molar-refractivity contribution is 0.273. The van der Waals surface area contributed by atoms with E-state index in [1.807, 2.05) is 13.8 Å². The van der Waals surface area contributed by atoms with Crippen LogP contribution in [0.4, 0.5) is 0 Å². The average Bonchev–Trinajstić information content (AvgIpc) is 2.31. The molecule has 0 aliphatic rings. The second kappa shape index (κ2) is 3.52. The Balaban J connectivity index is 2.70. The van der Waals surface area contributed by atoms with Crippen molar-refractivity contribution in [2.75, 3.05) is 0 Å². The van der Waals surface area contributed by atoms with E-state index in [-0.39, 0.29) is 11.8 Å². The van der Waals surface area contributed by atoms with E-state index in [1.165, 1.54) is 0 Å². The molecule has 6 heteroatoms. The summed E-state index contributed by atoms with van der Waals surface area (Å²) >= 11 is 0. The van der Waals surface area contributed by atoms with Gasteiger partial charge in [-0.05, 0) is 10.5 Å². The van der Waals surface area contributed by atoms with Crippen LogP contribution in [-0.4, -0.2) is 34.0 Å². The molecule has 62 valence electrons. The van der Waals surface area contributed by atoms with Crippen molar-refractivity contribution in [3.8, 4) is 5.88 Å². The predicted molar refractivity (Wildman–Crippen MR) is 51.2 cm³/mol. The quantitative estimate of drug-likeness (QED) is 0.612. The average molecular weight is 171 g/mol. The summed E-state index contributed by atoms with van der Waals surface area (Å²) in [4.78, 5) is 0. The molecule has 1 aromatic rings. The molecule has 0 aliphatic carbocycles. The van der Waals surface area contributed by atoms with E-state index in [2.05, 4.69) is 5.16 Å². The van der Waals surface area contributed by atoms with Gasteiger partial charge in [-0.1, -0.05) is 13.8 Å².